The summed E-state index contributed by atoms with van der Waals surface area (Å²) >= 11 is 0. The van der Waals surface area contributed by atoms with Crippen molar-refractivity contribution in [1.29, 1.82) is 0 Å². The van der Waals surface area contributed by atoms with Gasteiger partial charge in [0.1, 0.15) is 17.7 Å². The zero-order chi connectivity index (χ0) is 37.0. The fourth-order valence-electron chi connectivity index (χ4n) is 8.27. The highest BCUT2D eigenvalue weighted by atomic mass is 16.6. The molecule has 11 nitrogen and oxygen atoms in total. The second-order valence-electron chi connectivity index (χ2n) is 13.8. The first-order valence-electron chi connectivity index (χ1n) is 17.9. The van der Waals surface area contributed by atoms with Crippen LogP contribution in [-0.2, 0) is 33.4 Å². The largest absolute Gasteiger partial charge is 0.455 e. The van der Waals surface area contributed by atoms with Gasteiger partial charge in [-0.1, -0.05) is 72.8 Å². The summed E-state index contributed by atoms with van der Waals surface area (Å²) in [5.41, 5.74) is -0.0616. The van der Waals surface area contributed by atoms with E-state index in [1.54, 1.807) is 36.1 Å². The Bertz CT molecular complexity index is 1820. The van der Waals surface area contributed by atoms with E-state index in [1.165, 1.54) is 12.0 Å². The van der Waals surface area contributed by atoms with Crippen molar-refractivity contribution in [2.45, 2.75) is 68.5 Å². The minimum absolute atomic E-state index is 0.0514. The van der Waals surface area contributed by atoms with Crippen LogP contribution in [0, 0.1) is 11.8 Å². The number of esters is 1. The predicted molar refractivity (Wildman–Crippen MR) is 196 cm³/mol. The summed E-state index contributed by atoms with van der Waals surface area (Å²) in [4.78, 5) is 59.8. The average molecular weight is 710 g/mol. The maximum absolute atomic E-state index is 14.9. The van der Waals surface area contributed by atoms with Gasteiger partial charge in [-0.15, -0.1) is 13.2 Å². The summed E-state index contributed by atoms with van der Waals surface area (Å²) in [7, 11) is 1.50. The van der Waals surface area contributed by atoms with Crippen molar-refractivity contribution in [2.75, 3.05) is 31.8 Å². The normalized spacial score (nSPS) is 24.9. The van der Waals surface area contributed by atoms with Gasteiger partial charge in [0.25, 0.3) is 5.91 Å². The van der Waals surface area contributed by atoms with Crippen LogP contribution in [-0.4, -0.2) is 90.4 Å². The molecule has 0 aromatic heterocycles. The summed E-state index contributed by atoms with van der Waals surface area (Å²) in [6.45, 7) is 9.09. The molecule has 0 radical (unpaired) electrons. The Hall–Kier alpha value is -4.84. The number of methoxy groups -OCH3 is 1. The van der Waals surface area contributed by atoms with E-state index in [2.05, 4.69) is 18.5 Å². The maximum atomic E-state index is 14.9. The van der Waals surface area contributed by atoms with Crippen LogP contribution in [0.25, 0.3) is 10.8 Å². The quantitative estimate of drug-likeness (QED) is 0.164. The molecule has 11 heteroatoms. The Labute approximate surface area is 304 Å². The highest BCUT2D eigenvalue weighted by Crippen LogP contribution is 2.59. The molecule has 8 atom stereocenters. The lowest BCUT2D eigenvalue weighted by Crippen LogP contribution is -2.58. The SMILES string of the molecule is C=CCCC(=O)N[C@H](COC)[C@H](OC(=O)[C@@H]1[C@@H]2CC[C@]3(O2)[C@H](C(=O)N(CC=C)c2ccc4ccccc4c2)N([C@H](C)CO)C(=O)[C@@H]13)c1ccccc1. The lowest BCUT2D eigenvalue weighted by Gasteiger charge is -2.38. The zero-order valence-corrected chi connectivity index (χ0v) is 29.7. The highest BCUT2D eigenvalue weighted by molar-refractivity contribution is 6.05. The van der Waals surface area contributed by atoms with E-state index in [1.807, 2.05) is 60.7 Å². The molecule has 6 rings (SSSR count). The number of aliphatic hydroxyl groups is 1. The Morgan fingerprint density at radius 3 is 2.50 bits per heavy atom. The van der Waals surface area contributed by atoms with Gasteiger partial charge in [0, 0.05) is 25.8 Å². The van der Waals surface area contributed by atoms with Crippen molar-refractivity contribution < 1.29 is 38.5 Å². The molecular weight excluding hydrogens is 662 g/mol. The van der Waals surface area contributed by atoms with Crippen LogP contribution in [0.15, 0.2) is 98.1 Å². The zero-order valence-electron chi connectivity index (χ0n) is 29.7. The second kappa shape index (κ2) is 15.8. The topological polar surface area (TPSA) is 135 Å². The molecule has 0 saturated carbocycles. The molecule has 0 unspecified atom stereocenters. The Morgan fingerprint density at radius 1 is 1.08 bits per heavy atom. The van der Waals surface area contributed by atoms with Crippen LogP contribution in [0.2, 0.25) is 0 Å². The van der Waals surface area contributed by atoms with Crippen LogP contribution < -0.4 is 10.2 Å². The number of benzene rings is 3. The van der Waals surface area contributed by atoms with Gasteiger partial charge in [-0.05, 0) is 54.7 Å². The molecular formula is C41H47N3O8. The number of amides is 3. The number of hydrogen-bond acceptors (Lipinski definition) is 8. The number of likely N-dealkylation sites (tertiary alicyclic amines) is 1. The van der Waals surface area contributed by atoms with Crippen LogP contribution in [0.3, 0.4) is 0 Å². The van der Waals surface area contributed by atoms with Gasteiger partial charge < -0.3 is 34.4 Å². The minimum atomic E-state index is -1.32. The molecule has 2 N–H and O–H groups in total. The van der Waals surface area contributed by atoms with Crippen molar-refractivity contribution in [2.24, 2.45) is 11.8 Å². The first kappa shape index (κ1) is 36.9. The number of hydrogen-bond donors (Lipinski definition) is 2. The van der Waals surface area contributed by atoms with Crippen molar-refractivity contribution in [3.8, 4) is 0 Å². The third-order valence-electron chi connectivity index (χ3n) is 10.6. The molecule has 3 saturated heterocycles. The average Bonchev–Trinajstić information content (AvgIpc) is 3.81. The molecule has 2 bridgehead atoms. The fraction of sp³-hybridized carbons (Fsp3) is 0.415. The smallest absolute Gasteiger partial charge is 0.313 e. The number of fused-ring (bicyclic) bond motifs is 2. The van der Waals surface area contributed by atoms with E-state index in [9.17, 15) is 24.3 Å². The number of rotatable bonds is 16. The third-order valence-corrected chi connectivity index (χ3v) is 10.6. The van der Waals surface area contributed by atoms with E-state index in [-0.39, 0.29) is 31.4 Å². The molecule has 3 aromatic carbocycles. The summed E-state index contributed by atoms with van der Waals surface area (Å²) in [6, 6.07) is 20.0. The number of carbonyl (C=O) groups excluding carboxylic acids is 4. The number of ether oxygens (including phenoxy) is 3. The summed E-state index contributed by atoms with van der Waals surface area (Å²) in [5.74, 6) is -3.79. The van der Waals surface area contributed by atoms with Crippen molar-refractivity contribution >= 4 is 40.2 Å². The number of nitrogens with one attached hydrogen (secondary N) is 1. The fourth-order valence-corrected chi connectivity index (χ4v) is 8.27. The van der Waals surface area contributed by atoms with Crippen LogP contribution in [0.1, 0.15) is 44.3 Å². The molecule has 1 spiro atoms. The first-order valence-corrected chi connectivity index (χ1v) is 17.9. The number of aliphatic hydroxyl groups excluding tert-OH is 1. The van der Waals surface area contributed by atoms with Gasteiger partial charge in [-0.25, -0.2) is 0 Å². The lowest BCUT2D eigenvalue weighted by molar-refractivity contribution is -0.163. The number of allylic oxidation sites excluding steroid dienone is 1. The summed E-state index contributed by atoms with van der Waals surface area (Å²) in [6.07, 6.45) is 3.14. The number of carbonyl (C=O) groups is 4. The predicted octanol–water partition coefficient (Wildman–Crippen LogP) is 4.50. The highest BCUT2D eigenvalue weighted by Gasteiger charge is 2.75. The molecule has 3 heterocycles. The molecule has 3 aliphatic heterocycles. The molecule has 0 aliphatic carbocycles. The van der Waals surface area contributed by atoms with Crippen molar-refractivity contribution in [1.82, 2.24) is 10.2 Å². The summed E-state index contributed by atoms with van der Waals surface area (Å²) < 4.78 is 18.4. The van der Waals surface area contributed by atoms with Crippen molar-refractivity contribution in [3.05, 3.63) is 104 Å². The monoisotopic (exact) mass is 709 g/mol. The molecule has 3 fully saturated rings. The van der Waals surface area contributed by atoms with Crippen LogP contribution in [0.4, 0.5) is 5.69 Å². The molecule has 3 aromatic rings. The summed E-state index contributed by atoms with van der Waals surface area (Å²) in [5, 5.41) is 15.3. The maximum Gasteiger partial charge on any atom is 0.313 e. The molecule has 52 heavy (non-hydrogen) atoms. The minimum Gasteiger partial charge on any atom is -0.455 e. The molecule has 274 valence electrons. The van der Waals surface area contributed by atoms with Gasteiger partial charge in [0.15, 0.2) is 0 Å². The Kier molecular flexibility index (Phi) is 11.2. The second-order valence-corrected chi connectivity index (χ2v) is 13.8. The van der Waals surface area contributed by atoms with Gasteiger partial charge in [-0.2, -0.15) is 0 Å². The van der Waals surface area contributed by atoms with Crippen LogP contribution >= 0.6 is 0 Å². The third kappa shape index (κ3) is 6.76. The number of nitrogens with zero attached hydrogens (tertiary/aromatic N) is 2. The Balaban J connectivity index is 1.35. The first-order chi connectivity index (χ1) is 25.2. The van der Waals surface area contributed by atoms with Gasteiger partial charge in [-0.3, -0.25) is 19.2 Å². The van der Waals surface area contributed by atoms with Gasteiger partial charge in [0.2, 0.25) is 11.8 Å². The Morgan fingerprint density at radius 2 is 1.81 bits per heavy atom. The lowest BCUT2D eigenvalue weighted by atomic mass is 9.70. The van der Waals surface area contributed by atoms with E-state index in [0.29, 0.717) is 30.5 Å². The van der Waals surface area contributed by atoms with E-state index >= 15 is 0 Å². The van der Waals surface area contributed by atoms with E-state index in [0.717, 1.165) is 10.8 Å². The molecule has 3 amide bonds. The number of anilines is 1. The standard InChI is InChI=1S/C41H47N3O8/c1-5-7-17-33(46)42-31(25-50-4)36(28-14-9-8-10-15-28)51-40(49)34-32-20-21-41(52-32)35(34)38(47)44(26(3)24-45)37(41)39(48)43(22-6-2)30-19-18-27-13-11-12-16-29(27)23-30/h5-6,8-16,18-19,23,26,31-32,34-37,45H,1-2,7,17,20-22,24-25H2,3-4H3,(H,42,46)/t26-,31-,32+,34-,35-,36-,37+,41-/m1/s1. The van der Waals surface area contributed by atoms with Crippen LogP contribution in [0.5, 0.6) is 0 Å². The van der Waals surface area contributed by atoms with Gasteiger partial charge in [0.05, 0.1) is 43.2 Å². The molecule has 3 aliphatic rings. The van der Waals surface area contributed by atoms with Gasteiger partial charge >= 0.3 is 5.97 Å². The van der Waals surface area contributed by atoms with E-state index in [4.69, 9.17) is 14.2 Å². The van der Waals surface area contributed by atoms with E-state index < -0.39 is 66.3 Å². The van der Waals surface area contributed by atoms with Crippen molar-refractivity contribution in [3.63, 3.8) is 0 Å².